The van der Waals surface area contributed by atoms with Gasteiger partial charge in [-0.15, -0.1) is 0 Å². The highest BCUT2D eigenvalue weighted by Gasteiger charge is 2.28. The van der Waals surface area contributed by atoms with Gasteiger partial charge < -0.3 is 15.0 Å². The Kier molecular flexibility index (Phi) is 4.52. The van der Waals surface area contributed by atoms with Crippen LogP contribution in [0.5, 0.6) is 5.75 Å². The Morgan fingerprint density at radius 2 is 1.87 bits per heavy atom. The molecule has 6 heteroatoms. The highest BCUT2D eigenvalue weighted by atomic mass is 35.5. The van der Waals surface area contributed by atoms with E-state index in [1.165, 1.54) is 0 Å². The molecule has 2 aliphatic heterocycles. The summed E-state index contributed by atoms with van der Waals surface area (Å²) in [5.74, 6) is 0.127. The molecule has 0 aromatic heterocycles. The van der Waals surface area contributed by atoms with E-state index in [0.717, 1.165) is 17.7 Å². The highest BCUT2D eigenvalue weighted by molar-refractivity contribution is 6.32. The SMILES string of the molecule is O=C1Nc2cc(C(=O)N3CCc4ccccc43)ccc2O/C1=C\c1ccccc1Cl. The maximum atomic E-state index is 13.1. The molecule has 5 rings (SSSR count). The second-order valence-electron chi connectivity index (χ2n) is 7.13. The van der Waals surface area contributed by atoms with Crippen molar-refractivity contribution in [2.45, 2.75) is 6.42 Å². The molecule has 0 aliphatic carbocycles. The normalized spacial score (nSPS) is 16.0. The van der Waals surface area contributed by atoms with Crippen molar-refractivity contribution in [3.63, 3.8) is 0 Å². The molecule has 2 heterocycles. The Bertz CT molecular complexity index is 1220. The van der Waals surface area contributed by atoms with Crippen molar-refractivity contribution in [2.24, 2.45) is 0 Å². The molecule has 3 aromatic rings. The van der Waals surface area contributed by atoms with Crippen molar-refractivity contribution in [2.75, 3.05) is 16.8 Å². The van der Waals surface area contributed by atoms with Crippen molar-refractivity contribution < 1.29 is 14.3 Å². The van der Waals surface area contributed by atoms with Crippen molar-refractivity contribution in [3.05, 3.63) is 94.2 Å². The predicted molar refractivity (Wildman–Crippen MR) is 117 cm³/mol. The van der Waals surface area contributed by atoms with Crippen LogP contribution in [-0.2, 0) is 11.2 Å². The molecule has 0 bridgehead atoms. The number of nitrogens with one attached hydrogen (secondary N) is 1. The Morgan fingerprint density at radius 3 is 2.73 bits per heavy atom. The third-order valence-corrected chi connectivity index (χ3v) is 5.59. The molecular weight excluding hydrogens is 400 g/mol. The summed E-state index contributed by atoms with van der Waals surface area (Å²) < 4.78 is 5.79. The summed E-state index contributed by atoms with van der Waals surface area (Å²) in [6, 6.07) is 20.2. The number of rotatable bonds is 2. The second-order valence-corrected chi connectivity index (χ2v) is 7.54. The summed E-state index contributed by atoms with van der Waals surface area (Å²) >= 11 is 6.17. The standard InChI is InChI=1S/C24H17ClN2O3/c25-18-7-3-1-6-16(18)14-22-23(28)26-19-13-17(9-10-21(19)30-22)24(29)27-12-11-15-5-2-4-8-20(15)27/h1-10,13-14H,11-12H2,(H,26,28)/b22-14-. The number of fused-ring (bicyclic) bond motifs is 2. The maximum absolute atomic E-state index is 13.1. The van der Waals surface area contributed by atoms with Crippen molar-refractivity contribution >= 4 is 40.9 Å². The number of carbonyl (C=O) groups is 2. The summed E-state index contributed by atoms with van der Waals surface area (Å²) in [4.78, 5) is 27.4. The van der Waals surface area contributed by atoms with Gasteiger partial charge in [-0.05, 0) is 54.0 Å². The van der Waals surface area contributed by atoms with Crippen LogP contribution in [0, 0.1) is 0 Å². The van der Waals surface area contributed by atoms with E-state index in [0.29, 0.717) is 34.1 Å². The third kappa shape index (κ3) is 3.23. The van der Waals surface area contributed by atoms with Gasteiger partial charge in [0.05, 0.1) is 5.69 Å². The summed E-state index contributed by atoms with van der Waals surface area (Å²) in [5.41, 5.74) is 3.75. The molecule has 0 radical (unpaired) electrons. The molecule has 0 unspecified atom stereocenters. The minimum Gasteiger partial charge on any atom is -0.449 e. The number of amides is 2. The molecule has 0 saturated heterocycles. The average molecular weight is 417 g/mol. The van der Waals surface area contributed by atoms with Gasteiger partial charge in [-0.2, -0.15) is 0 Å². The number of hydrogen-bond acceptors (Lipinski definition) is 3. The van der Waals surface area contributed by atoms with E-state index in [9.17, 15) is 9.59 Å². The lowest BCUT2D eigenvalue weighted by molar-refractivity contribution is -0.115. The van der Waals surface area contributed by atoms with E-state index in [2.05, 4.69) is 5.32 Å². The number of para-hydroxylation sites is 1. The number of carbonyl (C=O) groups excluding carboxylic acids is 2. The van der Waals surface area contributed by atoms with Gasteiger partial charge in [-0.25, -0.2) is 0 Å². The molecule has 0 spiro atoms. The van der Waals surface area contributed by atoms with Gasteiger partial charge in [-0.1, -0.05) is 48.0 Å². The Labute approximate surface area is 178 Å². The molecule has 5 nitrogen and oxygen atoms in total. The number of halogens is 1. The minimum absolute atomic E-state index is 0.102. The Morgan fingerprint density at radius 1 is 1.07 bits per heavy atom. The van der Waals surface area contributed by atoms with Crippen LogP contribution < -0.4 is 15.0 Å². The summed E-state index contributed by atoms with van der Waals surface area (Å²) in [7, 11) is 0. The first-order valence-electron chi connectivity index (χ1n) is 9.59. The molecule has 0 atom stereocenters. The van der Waals surface area contributed by atoms with E-state index in [1.807, 2.05) is 36.4 Å². The monoisotopic (exact) mass is 416 g/mol. The molecule has 0 saturated carbocycles. The zero-order valence-electron chi connectivity index (χ0n) is 15.9. The lowest BCUT2D eigenvalue weighted by atomic mass is 10.1. The number of benzene rings is 3. The zero-order valence-corrected chi connectivity index (χ0v) is 16.6. The van der Waals surface area contributed by atoms with Gasteiger partial charge in [0.25, 0.3) is 11.8 Å². The number of ether oxygens (including phenoxy) is 1. The largest absolute Gasteiger partial charge is 0.449 e. The van der Waals surface area contributed by atoms with Gasteiger partial charge in [0, 0.05) is 22.8 Å². The van der Waals surface area contributed by atoms with E-state index >= 15 is 0 Å². The summed E-state index contributed by atoms with van der Waals surface area (Å²) in [6.45, 7) is 0.642. The first kappa shape index (κ1) is 18.5. The van der Waals surface area contributed by atoms with Crippen LogP contribution in [0.1, 0.15) is 21.5 Å². The number of nitrogens with zero attached hydrogens (tertiary/aromatic N) is 1. The molecular formula is C24H17ClN2O3. The van der Waals surface area contributed by atoms with Gasteiger partial charge >= 0.3 is 0 Å². The van der Waals surface area contributed by atoms with Crippen molar-refractivity contribution in [3.8, 4) is 5.75 Å². The lowest BCUT2D eigenvalue weighted by Crippen LogP contribution is -2.29. The van der Waals surface area contributed by atoms with Crippen LogP contribution in [0.4, 0.5) is 11.4 Å². The summed E-state index contributed by atoms with van der Waals surface area (Å²) in [5, 5.41) is 3.34. The minimum atomic E-state index is -0.390. The van der Waals surface area contributed by atoms with Crippen LogP contribution >= 0.6 is 11.6 Å². The van der Waals surface area contributed by atoms with Crippen LogP contribution in [0.25, 0.3) is 6.08 Å². The Hall–Kier alpha value is -3.57. The predicted octanol–water partition coefficient (Wildman–Crippen LogP) is 4.91. The van der Waals surface area contributed by atoms with Crippen LogP contribution in [0.2, 0.25) is 5.02 Å². The fraction of sp³-hybridized carbons (Fsp3) is 0.0833. The fourth-order valence-corrected chi connectivity index (χ4v) is 3.92. The van der Waals surface area contributed by atoms with E-state index in [4.69, 9.17) is 16.3 Å². The first-order chi connectivity index (χ1) is 14.6. The van der Waals surface area contributed by atoms with Gasteiger partial charge in [0.2, 0.25) is 0 Å². The van der Waals surface area contributed by atoms with Crippen LogP contribution in [0.15, 0.2) is 72.5 Å². The van der Waals surface area contributed by atoms with Crippen molar-refractivity contribution in [1.82, 2.24) is 0 Å². The quantitative estimate of drug-likeness (QED) is 0.603. The lowest BCUT2D eigenvalue weighted by Gasteiger charge is -2.22. The van der Waals surface area contributed by atoms with Gasteiger partial charge in [0.1, 0.15) is 0 Å². The molecule has 2 aliphatic rings. The topological polar surface area (TPSA) is 58.6 Å². The third-order valence-electron chi connectivity index (χ3n) is 5.24. The molecule has 3 aromatic carbocycles. The Balaban J connectivity index is 1.42. The fourth-order valence-electron chi connectivity index (χ4n) is 3.73. The molecule has 1 N–H and O–H groups in total. The van der Waals surface area contributed by atoms with Gasteiger partial charge in [-0.3, -0.25) is 9.59 Å². The van der Waals surface area contributed by atoms with E-state index in [-0.39, 0.29) is 11.7 Å². The number of hydrogen-bond donors (Lipinski definition) is 1. The van der Waals surface area contributed by atoms with E-state index < -0.39 is 5.91 Å². The average Bonchev–Trinajstić information content (AvgIpc) is 3.19. The summed E-state index contributed by atoms with van der Waals surface area (Å²) in [6.07, 6.45) is 2.43. The highest BCUT2D eigenvalue weighted by Crippen LogP contribution is 2.35. The molecule has 30 heavy (non-hydrogen) atoms. The van der Waals surface area contributed by atoms with Crippen molar-refractivity contribution in [1.29, 1.82) is 0 Å². The maximum Gasteiger partial charge on any atom is 0.291 e. The molecule has 2 amide bonds. The molecule has 148 valence electrons. The molecule has 0 fully saturated rings. The number of anilines is 2. The van der Waals surface area contributed by atoms with Crippen LogP contribution in [-0.4, -0.2) is 18.4 Å². The smallest absolute Gasteiger partial charge is 0.291 e. The van der Waals surface area contributed by atoms with E-state index in [1.54, 1.807) is 41.3 Å². The first-order valence-corrected chi connectivity index (χ1v) is 9.97. The zero-order chi connectivity index (χ0) is 20.7. The van der Waals surface area contributed by atoms with Gasteiger partial charge in [0.15, 0.2) is 11.5 Å². The van der Waals surface area contributed by atoms with Crippen LogP contribution in [0.3, 0.4) is 0 Å². The second kappa shape index (κ2) is 7.35.